The van der Waals surface area contributed by atoms with Gasteiger partial charge in [-0.15, -0.1) is 0 Å². The number of hydrogen-bond acceptors (Lipinski definition) is 4. The molecule has 2 aromatic rings. The van der Waals surface area contributed by atoms with E-state index in [1.165, 1.54) is 21.9 Å². The number of carbonyl (C=O) groups is 2. The van der Waals surface area contributed by atoms with Crippen LogP contribution in [0, 0.1) is 0 Å². The number of urea groups is 1. The number of primary amides is 1. The van der Waals surface area contributed by atoms with E-state index < -0.39 is 11.9 Å². The predicted octanol–water partition coefficient (Wildman–Crippen LogP) is 0.491. The first-order valence-electron chi connectivity index (χ1n) is 8.10. The van der Waals surface area contributed by atoms with Crippen LogP contribution in [0.15, 0.2) is 47.7 Å². The topological polar surface area (TPSA) is 102 Å². The first-order chi connectivity index (χ1) is 12.1. The number of carbonyl (C=O) groups excluding carboxylic acids is 2. The van der Waals surface area contributed by atoms with Crippen LogP contribution in [0.4, 0.5) is 10.5 Å². The van der Waals surface area contributed by atoms with E-state index in [4.69, 9.17) is 5.73 Å². The quantitative estimate of drug-likeness (QED) is 0.879. The molecule has 0 bridgehead atoms. The molecule has 4 rings (SSSR count). The number of amides is 3. The lowest BCUT2D eigenvalue weighted by molar-refractivity contribution is -0.119. The molecule has 2 aliphatic rings. The highest BCUT2D eigenvalue weighted by atomic mass is 16.2. The lowest BCUT2D eigenvalue weighted by Crippen LogP contribution is -2.46. The number of fused-ring (bicyclic) bond motifs is 1. The van der Waals surface area contributed by atoms with Crippen LogP contribution in [0.3, 0.4) is 0 Å². The normalized spacial score (nSPS) is 22.3. The second-order valence-electron chi connectivity index (χ2n) is 6.20. The first kappa shape index (κ1) is 15.4. The van der Waals surface area contributed by atoms with Crippen molar-refractivity contribution in [2.24, 2.45) is 5.73 Å². The van der Waals surface area contributed by atoms with Gasteiger partial charge in [0.25, 0.3) is 5.56 Å². The van der Waals surface area contributed by atoms with Crippen LogP contribution < -0.4 is 16.2 Å². The molecule has 2 aliphatic heterocycles. The molecule has 0 aliphatic carbocycles. The SMILES string of the molecule is NC(=O)C1[C@H]2CCCN2C(=O)N1c1ccc(-n2ccncc2=O)cc1. The maximum atomic E-state index is 12.7. The summed E-state index contributed by atoms with van der Waals surface area (Å²) >= 11 is 0. The van der Waals surface area contributed by atoms with Crippen molar-refractivity contribution in [2.75, 3.05) is 11.4 Å². The van der Waals surface area contributed by atoms with Crippen molar-refractivity contribution in [1.82, 2.24) is 14.5 Å². The highest BCUT2D eigenvalue weighted by Gasteiger charge is 2.51. The molecule has 8 heteroatoms. The van der Waals surface area contributed by atoms with Gasteiger partial charge in [0.1, 0.15) is 6.04 Å². The number of nitrogens with two attached hydrogens (primary N) is 1. The zero-order valence-corrected chi connectivity index (χ0v) is 13.4. The third kappa shape index (κ3) is 2.37. The van der Waals surface area contributed by atoms with E-state index in [-0.39, 0.29) is 17.6 Å². The monoisotopic (exact) mass is 339 g/mol. The molecule has 2 saturated heterocycles. The number of aromatic nitrogens is 2. The fraction of sp³-hybridized carbons (Fsp3) is 0.294. The molecular weight excluding hydrogens is 322 g/mol. The van der Waals surface area contributed by atoms with E-state index >= 15 is 0 Å². The third-order valence-corrected chi connectivity index (χ3v) is 4.82. The molecule has 2 N–H and O–H groups in total. The number of hydrogen-bond donors (Lipinski definition) is 1. The zero-order valence-electron chi connectivity index (χ0n) is 13.4. The number of nitrogens with zero attached hydrogens (tertiary/aromatic N) is 4. The van der Waals surface area contributed by atoms with Crippen LogP contribution in [0.25, 0.3) is 5.69 Å². The summed E-state index contributed by atoms with van der Waals surface area (Å²) in [6, 6.07) is 5.88. The van der Waals surface area contributed by atoms with Gasteiger partial charge in [-0.3, -0.25) is 24.0 Å². The maximum Gasteiger partial charge on any atom is 0.325 e. The third-order valence-electron chi connectivity index (χ3n) is 4.82. The molecule has 128 valence electrons. The van der Waals surface area contributed by atoms with E-state index in [9.17, 15) is 14.4 Å². The molecule has 2 fully saturated rings. The van der Waals surface area contributed by atoms with Crippen molar-refractivity contribution in [2.45, 2.75) is 24.9 Å². The van der Waals surface area contributed by atoms with E-state index in [1.807, 2.05) is 0 Å². The summed E-state index contributed by atoms with van der Waals surface area (Å²) in [6.07, 6.45) is 5.99. The van der Waals surface area contributed by atoms with Gasteiger partial charge in [-0.05, 0) is 37.1 Å². The summed E-state index contributed by atoms with van der Waals surface area (Å²) in [5.41, 5.74) is 6.57. The molecule has 0 radical (unpaired) electrons. The highest BCUT2D eigenvalue weighted by Crippen LogP contribution is 2.35. The highest BCUT2D eigenvalue weighted by molar-refractivity contribution is 6.03. The summed E-state index contributed by atoms with van der Waals surface area (Å²) in [5.74, 6) is -0.503. The predicted molar refractivity (Wildman–Crippen MR) is 90.4 cm³/mol. The largest absolute Gasteiger partial charge is 0.368 e. The van der Waals surface area contributed by atoms with Gasteiger partial charge in [-0.1, -0.05) is 0 Å². The van der Waals surface area contributed by atoms with E-state index in [2.05, 4.69) is 4.98 Å². The Bertz CT molecular complexity index is 892. The Balaban J connectivity index is 1.70. The summed E-state index contributed by atoms with van der Waals surface area (Å²) in [6.45, 7) is 0.647. The fourth-order valence-corrected chi connectivity index (χ4v) is 3.71. The first-order valence-corrected chi connectivity index (χ1v) is 8.10. The van der Waals surface area contributed by atoms with Gasteiger partial charge in [0.15, 0.2) is 0 Å². The van der Waals surface area contributed by atoms with Crippen molar-refractivity contribution >= 4 is 17.6 Å². The van der Waals surface area contributed by atoms with Crippen molar-refractivity contribution < 1.29 is 9.59 Å². The van der Waals surface area contributed by atoms with Crippen molar-refractivity contribution in [3.63, 3.8) is 0 Å². The fourth-order valence-electron chi connectivity index (χ4n) is 3.71. The molecule has 25 heavy (non-hydrogen) atoms. The van der Waals surface area contributed by atoms with Gasteiger partial charge in [0, 0.05) is 30.3 Å². The van der Waals surface area contributed by atoms with Crippen molar-refractivity contribution in [3.8, 4) is 5.69 Å². The van der Waals surface area contributed by atoms with Crippen molar-refractivity contribution in [1.29, 1.82) is 0 Å². The Morgan fingerprint density at radius 2 is 1.88 bits per heavy atom. The molecule has 3 heterocycles. The second-order valence-corrected chi connectivity index (χ2v) is 6.20. The van der Waals surface area contributed by atoms with Gasteiger partial charge in [-0.25, -0.2) is 4.79 Å². The summed E-state index contributed by atoms with van der Waals surface area (Å²) in [7, 11) is 0. The Kier molecular flexibility index (Phi) is 3.52. The molecule has 2 atom stereocenters. The smallest absolute Gasteiger partial charge is 0.325 e. The van der Waals surface area contributed by atoms with Crippen LogP contribution in [-0.2, 0) is 4.79 Å². The zero-order chi connectivity index (χ0) is 17.6. The van der Waals surface area contributed by atoms with Gasteiger partial charge in [0.2, 0.25) is 5.91 Å². The average molecular weight is 339 g/mol. The number of anilines is 1. The Morgan fingerprint density at radius 1 is 1.16 bits per heavy atom. The van der Waals surface area contributed by atoms with Gasteiger partial charge >= 0.3 is 6.03 Å². The van der Waals surface area contributed by atoms with Crippen LogP contribution >= 0.6 is 0 Å². The Labute approximate surface area is 143 Å². The van der Waals surface area contributed by atoms with Crippen LogP contribution in [0.2, 0.25) is 0 Å². The lowest BCUT2D eigenvalue weighted by atomic mass is 10.1. The van der Waals surface area contributed by atoms with Gasteiger partial charge in [0.05, 0.1) is 12.2 Å². The minimum atomic E-state index is -0.663. The summed E-state index contributed by atoms with van der Waals surface area (Å²) < 4.78 is 1.45. The average Bonchev–Trinajstić information content (AvgIpc) is 3.18. The van der Waals surface area contributed by atoms with Crippen LogP contribution in [0.1, 0.15) is 12.8 Å². The number of rotatable bonds is 3. The molecule has 0 spiro atoms. The standard InChI is InChI=1S/C17H17N5O3/c18-16(24)15-13-2-1-8-21(13)17(25)22(15)12-5-3-11(4-6-12)20-9-7-19-10-14(20)23/h3-7,9-10,13,15H,1-2,8H2,(H2,18,24)/t13-,15?/m1/s1. The van der Waals surface area contributed by atoms with Crippen LogP contribution in [-0.4, -0.2) is 45.0 Å². The summed E-state index contributed by atoms with van der Waals surface area (Å²) in [5, 5.41) is 0. The Morgan fingerprint density at radius 3 is 2.56 bits per heavy atom. The maximum absolute atomic E-state index is 12.7. The summed E-state index contributed by atoms with van der Waals surface area (Å²) in [4.78, 5) is 43.5. The molecular formula is C17H17N5O3. The minimum Gasteiger partial charge on any atom is -0.368 e. The molecule has 1 aromatic carbocycles. The van der Waals surface area contributed by atoms with Crippen molar-refractivity contribution in [3.05, 3.63) is 53.2 Å². The number of benzene rings is 1. The van der Waals surface area contributed by atoms with E-state index in [1.54, 1.807) is 35.4 Å². The molecule has 8 nitrogen and oxygen atoms in total. The van der Waals surface area contributed by atoms with Gasteiger partial charge in [-0.2, -0.15) is 0 Å². The second kappa shape index (κ2) is 5.73. The van der Waals surface area contributed by atoms with E-state index in [0.717, 1.165) is 12.8 Å². The Hall–Kier alpha value is -3.16. The molecule has 1 aromatic heterocycles. The van der Waals surface area contributed by atoms with Crippen LogP contribution in [0.5, 0.6) is 0 Å². The minimum absolute atomic E-state index is 0.160. The molecule has 1 unspecified atom stereocenters. The molecule has 3 amide bonds. The van der Waals surface area contributed by atoms with Gasteiger partial charge < -0.3 is 10.6 Å². The van der Waals surface area contributed by atoms with E-state index in [0.29, 0.717) is 17.9 Å². The molecule has 0 saturated carbocycles. The lowest BCUT2D eigenvalue weighted by Gasteiger charge is -2.23.